The van der Waals surface area contributed by atoms with Gasteiger partial charge in [0.1, 0.15) is 6.10 Å². The zero-order valence-electron chi connectivity index (χ0n) is 33.9. The number of anilines is 2. The highest BCUT2D eigenvalue weighted by molar-refractivity contribution is 5.99. The molecule has 330 valence electrons. The molecule has 2 fully saturated rings. The lowest BCUT2D eigenvalue weighted by Gasteiger charge is -2.37. The molecule has 0 bridgehead atoms. The minimum absolute atomic E-state index is 0.159. The van der Waals surface area contributed by atoms with Crippen LogP contribution < -0.4 is 15.2 Å². The predicted molar refractivity (Wildman–Crippen MR) is 220 cm³/mol. The van der Waals surface area contributed by atoms with E-state index in [-0.39, 0.29) is 49.9 Å². The topological polar surface area (TPSA) is 137 Å². The lowest BCUT2D eigenvalue weighted by atomic mass is 10.1. The van der Waals surface area contributed by atoms with Gasteiger partial charge in [0.2, 0.25) is 5.89 Å². The summed E-state index contributed by atoms with van der Waals surface area (Å²) >= 11 is 0. The molecule has 19 heteroatoms. The second kappa shape index (κ2) is 19.1. The number of amides is 5. The van der Waals surface area contributed by atoms with Crippen LogP contribution in [-0.4, -0.2) is 89.2 Å². The summed E-state index contributed by atoms with van der Waals surface area (Å²) in [5, 5.41) is 10.2. The van der Waals surface area contributed by atoms with E-state index in [0.717, 1.165) is 29.5 Å². The Morgan fingerprint density at radius 3 is 2.11 bits per heavy atom. The number of hydrogen-bond donors (Lipinski definition) is 1. The molecule has 13 nitrogen and oxygen atoms in total. The molecule has 4 aromatic carbocycles. The van der Waals surface area contributed by atoms with Crippen molar-refractivity contribution in [3.05, 3.63) is 131 Å². The Morgan fingerprint density at radius 2 is 1.44 bits per heavy atom. The zero-order chi connectivity index (χ0) is 44.7. The first-order valence-corrected chi connectivity index (χ1v) is 20.0. The molecular formula is C44H42F6N8O5. The van der Waals surface area contributed by atoms with Crippen LogP contribution in [0.25, 0.3) is 11.5 Å². The fourth-order valence-corrected chi connectivity index (χ4v) is 7.19. The van der Waals surface area contributed by atoms with E-state index in [1.807, 2.05) is 54.6 Å². The summed E-state index contributed by atoms with van der Waals surface area (Å²) in [4.78, 5) is 46.5. The third kappa shape index (κ3) is 11.0. The van der Waals surface area contributed by atoms with Gasteiger partial charge in [-0.25, -0.2) is 15.0 Å². The highest BCUT2D eigenvalue weighted by Crippen LogP contribution is 2.32. The van der Waals surface area contributed by atoms with Crippen molar-refractivity contribution < 1.29 is 49.9 Å². The molecule has 1 N–H and O–H groups in total. The number of hydrogen-bond acceptors (Lipinski definition) is 8. The summed E-state index contributed by atoms with van der Waals surface area (Å²) in [6.45, 7) is 3.92. The van der Waals surface area contributed by atoms with Gasteiger partial charge < -0.3 is 19.0 Å². The van der Waals surface area contributed by atoms with Gasteiger partial charge in [-0.05, 0) is 84.8 Å². The molecule has 1 aromatic heterocycles. The van der Waals surface area contributed by atoms with Gasteiger partial charge in [0.05, 0.1) is 25.4 Å². The minimum Gasteiger partial charge on any atom is -0.413 e. The smallest absolute Gasteiger partial charge is 0.413 e. The average Bonchev–Trinajstić information content (AvgIpc) is 4.02. The number of halogens is 6. The van der Waals surface area contributed by atoms with E-state index in [1.165, 1.54) is 12.3 Å². The quantitative estimate of drug-likeness (QED) is 0.0798. The van der Waals surface area contributed by atoms with Gasteiger partial charge in [-0.3, -0.25) is 14.6 Å². The van der Waals surface area contributed by atoms with Crippen molar-refractivity contribution in [1.82, 2.24) is 25.4 Å². The van der Waals surface area contributed by atoms with Crippen LogP contribution >= 0.6 is 0 Å². The molecular weight excluding hydrogens is 835 g/mol. The Morgan fingerprint density at radius 1 is 0.778 bits per heavy atom. The van der Waals surface area contributed by atoms with Crippen LogP contribution in [-0.2, 0) is 28.7 Å². The van der Waals surface area contributed by atoms with E-state index in [4.69, 9.17) is 9.15 Å². The summed E-state index contributed by atoms with van der Waals surface area (Å²) < 4.78 is 87.9. The molecule has 3 heterocycles. The van der Waals surface area contributed by atoms with Crippen molar-refractivity contribution in [2.45, 2.75) is 51.2 Å². The number of carbonyl (C=O) groups is 3. The van der Waals surface area contributed by atoms with Gasteiger partial charge in [-0.15, -0.1) is 10.2 Å². The van der Waals surface area contributed by atoms with E-state index >= 15 is 0 Å². The summed E-state index contributed by atoms with van der Waals surface area (Å²) in [5.41, 5.74) is 6.05. The van der Waals surface area contributed by atoms with E-state index in [0.29, 0.717) is 48.6 Å². The number of rotatable bonds is 11. The Bertz CT molecular complexity index is 2400. The standard InChI is InChI=1S/C44H42F6N8O5/c1-29(51-53-39(59)43(45,46)47)32-16-14-31(15-17-32)27-58(41(60)55-21-5-6-22-55)36-11-7-8-34(26-36)37-28-56(24-25-62-37)42(61)57(35-9-3-2-4-10-35)23-20-30-12-18-33(19-13-30)38-52-54-40(63-38)44(48,49)50/h2-4,7-19,26,37H,5-6,20-25,27-28H2,1H3,(H,53,59)/b51-29+. The molecule has 5 amide bonds. The number of carbonyl (C=O) groups excluding carboxylic acids is 3. The SMILES string of the molecule is C/C(=N\NC(=O)C(F)(F)F)c1ccc(CN(C(=O)N2CCCC2)c2cccc(C3CN(C(=O)N(CCc4ccc(-c5nnc(C(F)(F)F)o5)cc4)c4ccccc4)CCO3)c2)cc1. The molecule has 7 rings (SSSR count). The van der Waals surface area contributed by atoms with Crippen molar-refractivity contribution in [3.63, 3.8) is 0 Å². The lowest BCUT2D eigenvalue weighted by molar-refractivity contribution is -0.173. The molecule has 1 atom stereocenters. The highest BCUT2D eigenvalue weighted by Gasteiger charge is 2.39. The van der Waals surface area contributed by atoms with Gasteiger partial charge in [-0.1, -0.05) is 66.7 Å². The molecule has 5 aromatic rings. The first kappa shape index (κ1) is 44.3. The van der Waals surface area contributed by atoms with Gasteiger partial charge in [0.25, 0.3) is 0 Å². The number of ether oxygens (including phenoxy) is 1. The molecule has 2 aliphatic heterocycles. The Balaban J connectivity index is 1.05. The van der Waals surface area contributed by atoms with Crippen LogP contribution in [0.5, 0.6) is 0 Å². The van der Waals surface area contributed by atoms with Gasteiger partial charge in [-0.2, -0.15) is 31.4 Å². The maximum absolute atomic E-state index is 14.4. The second-order valence-electron chi connectivity index (χ2n) is 14.9. The number of morpholine rings is 1. The number of urea groups is 2. The molecule has 0 aliphatic carbocycles. The maximum Gasteiger partial charge on any atom is 0.473 e. The molecule has 2 saturated heterocycles. The number of alkyl halides is 6. The largest absolute Gasteiger partial charge is 0.473 e. The second-order valence-corrected chi connectivity index (χ2v) is 14.9. The normalized spacial score (nSPS) is 15.9. The summed E-state index contributed by atoms with van der Waals surface area (Å²) in [5.74, 6) is -3.87. The first-order chi connectivity index (χ1) is 30.1. The number of hydrazone groups is 1. The Kier molecular flexibility index (Phi) is 13.4. The Labute approximate surface area is 357 Å². The number of nitrogens with one attached hydrogen (secondary N) is 1. The summed E-state index contributed by atoms with van der Waals surface area (Å²) in [6, 6.07) is 29.6. The molecule has 1 unspecified atom stereocenters. The van der Waals surface area contributed by atoms with Crippen molar-refractivity contribution in [2.75, 3.05) is 49.1 Å². The number of aromatic nitrogens is 2. The molecule has 0 saturated carbocycles. The van der Waals surface area contributed by atoms with Crippen LogP contribution in [0.4, 0.5) is 47.3 Å². The van der Waals surface area contributed by atoms with E-state index < -0.39 is 30.3 Å². The monoisotopic (exact) mass is 876 g/mol. The average molecular weight is 877 g/mol. The van der Waals surface area contributed by atoms with Crippen LogP contribution in [0.3, 0.4) is 0 Å². The van der Waals surface area contributed by atoms with E-state index in [1.54, 1.807) is 68.1 Å². The van der Waals surface area contributed by atoms with Crippen molar-refractivity contribution >= 4 is 35.1 Å². The molecule has 2 aliphatic rings. The van der Waals surface area contributed by atoms with Crippen LogP contribution in [0.15, 0.2) is 113 Å². The fraction of sp³-hybridized carbons (Fsp3) is 0.318. The number of nitrogens with zero attached hydrogens (tertiary/aromatic N) is 7. The number of para-hydroxylation sites is 1. The number of benzene rings is 4. The zero-order valence-corrected chi connectivity index (χ0v) is 33.9. The summed E-state index contributed by atoms with van der Waals surface area (Å²) in [7, 11) is 0. The molecule has 0 radical (unpaired) electrons. The van der Waals surface area contributed by atoms with E-state index in [2.05, 4.69) is 15.3 Å². The lowest BCUT2D eigenvalue weighted by Crippen LogP contribution is -2.49. The first-order valence-electron chi connectivity index (χ1n) is 20.0. The van der Waals surface area contributed by atoms with E-state index in [9.17, 15) is 40.7 Å². The molecule has 0 spiro atoms. The predicted octanol–water partition coefficient (Wildman–Crippen LogP) is 8.62. The van der Waals surface area contributed by atoms with Gasteiger partial charge in [0.15, 0.2) is 0 Å². The highest BCUT2D eigenvalue weighted by atomic mass is 19.4. The Hall–Kier alpha value is -6.76. The molecule has 63 heavy (non-hydrogen) atoms. The van der Waals surface area contributed by atoms with Crippen molar-refractivity contribution in [2.24, 2.45) is 5.10 Å². The maximum atomic E-state index is 14.4. The van der Waals surface area contributed by atoms with Crippen LogP contribution in [0.1, 0.15) is 54.0 Å². The van der Waals surface area contributed by atoms with Crippen molar-refractivity contribution in [1.29, 1.82) is 0 Å². The van der Waals surface area contributed by atoms with Crippen molar-refractivity contribution in [3.8, 4) is 11.5 Å². The third-order valence-corrected chi connectivity index (χ3v) is 10.6. The summed E-state index contributed by atoms with van der Waals surface area (Å²) in [6.07, 6.45) is -8.18. The minimum atomic E-state index is -5.07. The third-order valence-electron chi connectivity index (χ3n) is 10.6. The van der Waals surface area contributed by atoms with Gasteiger partial charge >= 0.3 is 36.2 Å². The van der Waals surface area contributed by atoms with Crippen LogP contribution in [0, 0.1) is 0 Å². The van der Waals surface area contributed by atoms with Gasteiger partial charge in [0, 0.05) is 43.1 Å². The number of likely N-dealkylation sites (tertiary alicyclic amines) is 1. The van der Waals surface area contributed by atoms with Crippen LogP contribution in [0.2, 0.25) is 0 Å². The fourth-order valence-electron chi connectivity index (χ4n) is 7.19.